The van der Waals surface area contributed by atoms with Gasteiger partial charge in [-0.3, -0.25) is 4.79 Å². The molecule has 0 aliphatic carbocycles. The van der Waals surface area contributed by atoms with Gasteiger partial charge in [-0.05, 0) is 30.3 Å². The highest BCUT2D eigenvalue weighted by Crippen LogP contribution is 2.25. The summed E-state index contributed by atoms with van der Waals surface area (Å²) in [4.78, 5) is 11.7. The summed E-state index contributed by atoms with van der Waals surface area (Å²) in [5, 5.41) is 15.2. The second kappa shape index (κ2) is 5.42. The van der Waals surface area contributed by atoms with Gasteiger partial charge in [-0.2, -0.15) is 5.21 Å². The fraction of sp³-hybridized carbons (Fsp3) is 0.273. The maximum Gasteiger partial charge on any atom is 0.293 e. The lowest BCUT2D eigenvalue weighted by molar-refractivity contribution is 0.0929. The first-order chi connectivity index (χ1) is 9.11. The molecule has 0 fully saturated rings. The van der Waals surface area contributed by atoms with Crippen LogP contribution < -0.4 is 10.1 Å². The molecule has 7 nitrogen and oxygen atoms in total. The Hall–Kier alpha value is -2.51. The minimum atomic E-state index is -0.507. The predicted molar refractivity (Wildman–Crippen MR) is 63.0 cm³/mol. The first kappa shape index (κ1) is 12.9. The molecule has 0 saturated carbocycles. The van der Waals surface area contributed by atoms with Crippen LogP contribution in [0.3, 0.4) is 0 Å². The van der Waals surface area contributed by atoms with Crippen LogP contribution >= 0.6 is 0 Å². The molecule has 2 rings (SSSR count). The summed E-state index contributed by atoms with van der Waals surface area (Å²) in [6.07, 6.45) is 0. The number of tetrazole rings is 1. The number of aromatic amines is 1. The van der Waals surface area contributed by atoms with E-state index in [9.17, 15) is 9.18 Å². The molecule has 0 aliphatic heterocycles. The zero-order chi connectivity index (χ0) is 13.8. The van der Waals surface area contributed by atoms with E-state index in [1.807, 2.05) is 0 Å². The number of hydrogen-bond donors (Lipinski definition) is 2. The van der Waals surface area contributed by atoms with Gasteiger partial charge in [0.1, 0.15) is 11.6 Å². The van der Waals surface area contributed by atoms with Crippen molar-refractivity contribution in [2.45, 2.75) is 13.0 Å². The van der Waals surface area contributed by atoms with Crippen molar-refractivity contribution in [3.63, 3.8) is 0 Å². The summed E-state index contributed by atoms with van der Waals surface area (Å²) in [6.45, 7) is 1.70. The number of rotatable bonds is 4. The number of methoxy groups -OCH3 is 1. The number of amides is 1. The van der Waals surface area contributed by atoms with Gasteiger partial charge in [-0.25, -0.2) is 4.39 Å². The van der Waals surface area contributed by atoms with Gasteiger partial charge < -0.3 is 10.1 Å². The molecule has 0 bridgehead atoms. The molecule has 1 atom stereocenters. The van der Waals surface area contributed by atoms with Crippen molar-refractivity contribution in [3.05, 3.63) is 35.4 Å². The van der Waals surface area contributed by atoms with Gasteiger partial charge in [0, 0.05) is 5.56 Å². The second-order valence-corrected chi connectivity index (χ2v) is 3.82. The molecule has 2 aromatic rings. The summed E-state index contributed by atoms with van der Waals surface area (Å²) >= 11 is 0. The van der Waals surface area contributed by atoms with Crippen LogP contribution in [-0.2, 0) is 0 Å². The fourth-order valence-corrected chi connectivity index (χ4v) is 1.64. The van der Waals surface area contributed by atoms with Gasteiger partial charge >= 0.3 is 0 Å². The molecule has 19 heavy (non-hydrogen) atoms. The number of carbonyl (C=O) groups is 1. The van der Waals surface area contributed by atoms with Crippen LogP contribution in [0.4, 0.5) is 4.39 Å². The lowest BCUT2D eigenvalue weighted by atomic mass is 10.1. The summed E-state index contributed by atoms with van der Waals surface area (Å²) in [5.74, 6) is -0.506. The maximum atomic E-state index is 13.2. The zero-order valence-electron chi connectivity index (χ0n) is 10.3. The number of H-pyrrole nitrogens is 1. The Morgan fingerprint density at radius 3 is 2.95 bits per heavy atom. The van der Waals surface area contributed by atoms with Crippen molar-refractivity contribution in [2.24, 2.45) is 0 Å². The Kier molecular flexibility index (Phi) is 3.69. The molecule has 0 radical (unpaired) electrons. The SMILES string of the molecule is COc1ccc(F)cc1C(C)NC(=O)c1nn[nH]n1. The van der Waals surface area contributed by atoms with E-state index < -0.39 is 17.8 Å². The normalized spacial score (nSPS) is 11.9. The average Bonchev–Trinajstić information content (AvgIpc) is 2.92. The van der Waals surface area contributed by atoms with Gasteiger partial charge in [0.25, 0.3) is 11.7 Å². The molecule has 8 heteroatoms. The van der Waals surface area contributed by atoms with Gasteiger partial charge in [0.05, 0.1) is 13.2 Å². The Balaban J connectivity index is 2.18. The van der Waals surface area contributed by atoms with Crippen molar-refractivity contribution in [2.75, 3.05) is 7.11 Å². The van der Waals surface area contributed by atoms with Gasteiger partial charge in [0.2, 0.25) is 0 Å². The molecular formula is C11H12FN5O2. The number of nitrogens with one attached hydrogen (secondary N) is 2. The molecule has 100 valence electrons. The number of hydrogen-bond acceptors (Lipinski definition) is 5. The number of ether oxygens (including phenoxy) is 1. The van der Waals surface area contributed by atoms with Crippen molar-refractivity contribution < 1.29 is 13.9 Å². The van der Waals surface area contributed by atoms with Crippen LogP contribution in [0, 0.1) is 5.82 Å². The van der Waals surface area contributed by atoms with E-state index in [1.54, 1.807) is 6.92 Å². The Bertz CT molecular complexity index is 572. The lowest BCUT2D eigenvalue weighted by Gasteiger charge is -2.16. The first-order valence-electron chi connectivity index (χ1n) is 5.49. The number of benzene rings is 1. The van der Waals surface area contributed by atoms with Crippen LogP contribution in [0.2, 0.25) is 0 Å². The van der Waals surface area contributed by atoms with Crippen LogP contribution in [-0.4, -0.2) is 33.6 Å². The molecule has 0 spiro atoms. The monoisotopic (exact) mass is 265 g/mol. The van der Waals surface area contributed by atoms with Crippen molar-refractivity contribution in [1.82, 2.24) is 25.9 Å². The largest absolute Gasteiger partial charge is 0.496 e. The van der Waals surface area contributed by atoms with Crippen LogP contribution in [0.1, 0.15) is 29.1 Å². The highest BCUT2D eigenvalue weighted by molar-refractivity contribution is 5.90. The highest BCUT2D eigenvalue weighted by Gasteiger charge is 2.18. The third-order valence-corrected chi connectivity index (χ3v) is 2.55. The molecule has 1 unspecified atom stereocenters. The summed E-state index contributed by atoms with van der Waals surface area (Å²) < 4.78 is 18.4. The molecular weight excluding hydrogens is 253 g/mol. The minimum Gasteiger partial charge on any atom is -0.496 e. The van der Waals surface area contributed by atoms with E-state index in [1.165, 1.54) is 25.3 Å². The third-order valence-electron chi connectivity index (χ3n) is 2.55. The van der Waals surface area contributed by atoms with Crippen LogP contribution in [0.25, 0.3) is 0 Å². The Labute approximate surface area is 108 Å². The van der Waals surface area contributed by atoms with E-state index in [2.05, 4.69) is 25.9 Å². The summed E-state index contributed by atoms with van der Waals surface area (Å²) in [5.41, 5.74) is 0.527. The van der Waals surface area contributed by atoms with E-state index in [4.69, 9.17) is 4.74 Å². The van der Waals surface area contributed by atoms with E-state index >= 15 is 0 Å². The topological polar surface area (TPSA) is 92.8 Å². The average molecular weight is 265 g/mol. The van der Waals surface area contributed by atoms with Gasteiger partial charge in [0.15, 0.2) is 0 Å². The summed E-state index contributed by atoms with van der Waals surface area (Å²) in [7, 11) is 1.48. The van der Waals surface area contributed by atoms with Crippen molar-refractivity contribution >= 4 is 5.91 Å². The van der Waals surface area contributed by atoms with Crippen LogP contribution in [0.5, 0.6) is 5.75 Å². The van der Waals surface area contributed by atoms with Crippen molar-refractivity contribution in [3.8, 4) is 5.75 Å². The standard InChI is InChI=1S/C11H12FN5O2/c1-6(13-11(18)10-14-16-17-15-10)8-5-7(12)3-4-9(8)19-2/h3-6H,1-2H3,(H,13,18)(H,14,15,16,17). The highest BCUT2D eigenvalue weighted by atomic mass is 19.1. The van der Waals surface area contributed by atoms with Gasteiger partial charge in [-0.15, -0.1) is 10.2 Å². The summed E-state index contributed by atoms with van der Waals surface area (Å²) in [6, 6.07) is 3.63. The maximum absolute atomic E-state index is 13.2. The molecule has 0 aliphatic rings. The molecule has 1 amide bonds. The Morgan fingerprint density at radius 1 is 1.53 bits per heavy atom. The second-order valence-electron chi connectivity index (χ2n) is 3.82. The van der Waals surface area contributed by atoms with Gasteiger partial charge in [-0.1, -0.05) is 0 Å². The minimum absolute atomic E-state index is 0.0813. The van der Waals surface area contributed by atoms with E-state index in [0.717, 1.165) is 0 Å². The smallest absolute Gasteiger partial charge is 0.293 e. The third kappa shape index (κ3) is 2.84. The fourth-order valence-electron chi connectivity index (χ4n) is 1.64. The number of nitrogens with zero attached hydrogens (tertiary/aromatic N) is 3. The molecule has 1 heterocycles. The number of carbonyl (C=O) groups excluding carboxylic acids is 1. The van der Waals surface area contributed by atoms with E-state index in [-0.39, 0.29) is 5.82 Å². The molecule has 2 N–H and O–H groups in total. The van der Waals surface area contributed by atoms with E-state index in [0.29, 0.717) is 11.3 Å². The van der Waals surface area contributed by atoms with Crippen LogP contribution in [0.15, 0.2) is 18.2 Å². The Morgan fingerprint density at radius 2 is 2.32 bits per heavy atom. The first-order valence-corrected chi connectivity index (χ1v) is 5.49. The zero-order valence-corrected chi connectivity index (χ0v) is 10.3. The molecule has 1 aromatic carbocycles. The van der Waals surface area contributed by atoms with Crippen molar-refractivity contribution in [1.29, 1.82) is 0 Å². The number of halogens is 1. The number of aromatic nitrogens is 4. The molecule has 0 saturated heterocycles. The molecule has 1 aromatic heterocycles. The quantitative estimate of drug-likeness (QED) is 0.854. The lowest BCUT2D eigenvalue weighted by Crippen LogP contribution is -2.28. The predicted octanol–water partition coefficient (Wildman–Crippen LogP) is 0.838.